The number of rotatable bonds is 5. The van der Waals surface area contributed by atoms with Crippen molar-refractivity contribution in [3.05, 3.63) is 23.4 Å². The molecular formula is C14H23N3OS. The summed E-state index contributed by atoms with van der Waals surface area (Å²) in [5.74, 6) is 0.538. The zero-order valence-corrected chi connectivity index (χ0v) is 13.1. The van der Waals surface area contributed by atoms with E-state index in [0.29, 0.717) is 17.9 Å². The molecule has 0 radical (unpaired) electrons. The van der Waals surface area contributed by atoms with E-state index in [2.05, 4.69) is 24.1 Å². The molecule has 0 atom stereocenters. The van der Waals surface area contributed by atoms with E-state index in [1.54, 1.807) is 17.8 Å². The molecule has 0 aliphatic carbocycles. The molecule has 1 amide bonds. The van der Waals surface area contributed by atoms with Gasteiger partial charge in [0.2, 0.25) is 0 Å². The number of nitrogens with two attached hydrogens (primary N) is 1. The molecule has 0 spiro atoms. The second-order valence-corrected chi connectivity index (χ2v) is 7.02. The first-order chi connectivity index (χ1) is 8.75. The Morgan fingerprint density at radius 1 is 1.47 bits per heavy atom. The van der Waals surface area contributed by atoms with Crippen LogP contribution in [0.3, 0.4) is 0 Å². The Hall–Kier alpha value is -1.23. The van der Waals surface area contributed by atoms with E-state index in [-0.39, 0.29) is 16.6 Å². The maximum Gasteiger partial charge on any atom is 0.251 e. The van der Waals surface area contributed by atoms with Crippen LogP contribution in [-0.4, -0.2) is 28.4 Å². The summed E-state index contributed by atoms with van der Waals surface area (Å²) >= 11 is 1.72. The van der Waals surface area contributed by atoms with Crippen molar-refractivity contribution >= 4 is 23.5 Å². The van der Waals surface area contributed by atoms with Crippen LogP contribution < -0.4 is 11.1 Å². The predicted molar refractivity (Wildman–Crippen MR) is 82.7 cm³/mol. The van der Waals surface area contributed by atoms with Gasteiger partial charge in [-0.05, 0) is 38.2 Å². The third-order valence-electron chi connectivity index (χ3n) is 2.95. The minimum absolute atomic E-state index is 0.0229. The van der Waals surface area contributed by atoms with Crippen LogP contribution in [-0.2, 0) is 0 Å². The van der Waals surface area contributed by atoms with E-state index in [4.69, 9.17) is 5.73 Å². The fourth-order valence-electron chi connectivity index (χ4n) is 1.47. The highest BCUT2D eigenvalue weighted by Crippen LogP contribution is 2.20. The van der Waals surface area contributed by atoms with Crippen LogP contribution in [0.15, 0.2) is 12.1 Å². The van der Waals surface area contributed by atoms with Gasteiger partial charge in [-0.3, -0.25) is 4.79 Å². The average Bonchev–Trinajstić information content (AvgIpc) is 2.35. The van der Waals surface area contributed by atoms with Crippen molar-refractivity contribution in [3.8, 4) is 0 Å². The lowest BCUT2D eigenvalue weighted by atomic mass is 10.1. The lowest BCUT2D eigenvalue weighted by molar-refractivity contribution is 0.0950. The number of aromatic nitrogens is 1. The van der Waals surface area contributed by atoms with Crippen molar-refractivity contribution in [2.45, 2.75) is 38.4 Å². The Kier molecular flexibility index (Phi) is 5.23. The lowest BCUT2D eigenvalue weighted by Gasteiger charge is -2.22. The highest BCUT2D eigenvalue weighted by molar-refractivity contribution is 7.99. The summed E-state index contributed by atoms with van der Waals surface area (Å²) in [6, 6.07) is 3.43. The molecule has 19 heavy (non-hydrogen) atoms. The number of carbonyl (C=O) groups is 1. The van der Waals surface area contributed by atoms with E-state index < -0.39 is 0 Å². The summed E-state index contributed by atoms with van der Waals surface area (Å²) in [4.78, 5) is 16.4. The Morgan fingerprint density at radius 3 is 2.63 bits per heavy atom. The first kappa shape index (κ1) is 15.8. The van der Waals surface area contributed by atoms with Crippen molar-refractivity contribution in [2.24, 2.45) is 0 Å². The van der Waals surface area contributed by atoms with E-state index in [0.717, 1.165) is 5.69 Å². The molecule has 5 heteroatoms. The molecule has 3 N–H and O–H groups in total. The standard InChI is InChI=1S/C14H23N3OS/c1-9(2)11-6-10(7-12(15)17-11)13(18)16-8-14(3,4)19-5/h6-7,9H,8H2,1-5H3,(H2,15,17)(H,16,18). The third-order valence-corrected chi connectivity index (χ3v) is 4.20. The Bertz CT molecular complexity index is 458. The van der Waals surface area contributed by atoms with Crippen LogP contribution in [0.4, 0.5) is 5.82 Å². The number of pyridine rings is 1. The zero-order valence-electron chi connectivity index (χ0n) is 12.3. The molecule has 0 fully saturated rings. The number of thioether (sulfide) groups is 1. The molecule has 0 aliphatic heterocycles. The number of nitrogens with zero attached hydrogens (tertiary/aromatic N) is 1. The number of carbonyl (C=O) groups excluding carboxylic acids is 1. The smallest absolute Gasteiger partial charge is 0.251 e. The molecule has 0 saturated carbocycles. The van der Waals surface area contributed by atoms with Gasteiger partial charge in [-0.25, -0.2) is 4.98 Å². The highest BCUT2D eigenvalue weighted by atomic mass is 32.2. The van der Waals surface area contributed by atoms with E-state index >= 15 is 0 Å². The van der Waals surface area contributed by atoms with Gasteiger partial charge in [0.1, 0.15) is 5.82 Å². The van der Waals surface area contributed by atoms with Crippen LogP contribution in [0.25, 0.3) is 0 Å². The first-order valence-corrected chi connectivity index (χ1v) is 7.58. The normalized spacial score (nSPS) is 11.7. The fourth-order valence-corrected chi connectivity index (χ4v) is 1.68. The number of amides is 1. The van der Waals surface area contributed by atoms with Crippen LogP contribution in [0.5, 0.6) is 0 Å². The summed E-state index contributed by atoms with van der Waals surface area (Å²) in [6.07, 6.45) is 2.04. The number of nitrogens with one attached hydrogen (secondary N) is 1. The molecule has 0 aromatic carbocycles. The largest absolute Gasteiger partial charge is 0.384 e. The fraction of sp³-hybridized carbons (Fsp3) is 0.571. The van der Waals surface area contributed by atoms with Crippen LogP contribution in [0, 0.1) is 0 Å². The monoisotopic (exact) mass is 281 g/mol. The van der Waals surface area contributed by atoms with E-state index in [1.165, 1.54) is 0 Å². The van der Waals surface area contributed by atoms with Gasteiger partial charge in [0.05, 0.1) is 0 Å². The van der Waals surface area contributed by atoms with Gasteiger partial charge in [-0.2, -0.15) is 11.8 Å². The quantitative estimate of drug-likeness (QED) is 0.870. The number of hydrogen-bond acceptors (Lipinski definition) is 4. The van der Waals surface area contributed by atoms with E-state index in [9.17, 15) is 4.79 Å². The Balaban J connectivity index is 2.83. The van der Waals surface area contributed by atoms with Crippen molar-refractivity contribution in [2.75, 3.05) is 18.5 Å². The average molecular weight is 281 g/mol. The summed E-state index contributed by atoms with van der Waals surface area (Å²) in [5.41, 5.74) is 7.17. The summed E-state index contributed by atoms with van der Waals surface area (Å²) in [6.45, 7) is 8.86. The molecule has 106 valence electrons. The molecule has 0 saturated heterocycles. The SMILES string of the molecule is CSC(C)(C)CNC(=O)c1cc(N)nc(C(C)C)c1. The van der Waals surface area contributed by atoms with Crippen molar-refractivity contribution in [1.82, 2.24) is 10.3 Å². The topological polar surface area (TPSA) is 68.0 Å². The molecule has 1 heterocycles. The molecule has 1 aromatic rings. The predicted octanol–water partition coefficient (Wildman–Crippen LogP) is 2.66. The molecule has 0 unspecified atom stereocenters. The molecule has 1 aromatic heterocycles. The second kappa shape index (κ2) is 6.28. The maximum atomic E-state index is 12.1. The maximum absolute atomic E-state index is 12.1. The minimum atomic E-state index is -0.0990. The van der Waals surface area contributed by atoms with Gasteiger partial charge >= 0.3 is 0 Å². The Morgan fingerprint density at radius 2 is 2.11 bits per heavy atom. The van der Waals surface area contributed by atoms with Crippen LogP contribution in [0.1, 0.15) is 49.7 Å². The summed E-state index contributed by atoms with van der Waals surface area (Å²) < 4.78 is 0.0229. The number of nitrogen functional groups attached to an aromatic ring is 1. The van der Waals surface area contributed by atoms with Gasteiger partial charge in [0.25, 0.3) is 5.91 Å². The lowest BCUT2D eigenvalue weighted by Crippen LogP contribution is -2.36. The van der Waals surface area contributed by atoms with E-state index in [1.807, 2.05) is 26.2 Å². The van der Waals surface area contributed by atoms with Gasteiger partial charge in [-0.1, -0.05) is 13.8 Å². The van der Waals surface area contributed by atoms with Crippen LogP contribution in [0.2, 0.25) is 0 Å². The number of hydrogen-bond donors (Lipinski definition) is 2. The molecule has 1 rings (SSSR count). The molecule has 0 bridgehead atoms. The first-order valence-electron chi connectivity index (χ1n) is 6.36. The highest BCUT2D eigenvalue weighted by Gasteiger charge is 2.18. The Labute approximate surface area is 119 Å². The summed E-state index contributed by atoms with van der Waals surface area (Å²) in [7, 11) is 0. The zero-order chi connectivity index (χ0) is 14.6. The van der Waals surface area contributed by atoms with Gasteiger partial charge in [0, 0.05) is 22.5 Å². The van der Waals surface area contributed by atoms with Gasteiger partial charge < -0.3 is 11.1 Å². The van der Waals surface area contributed by atoms with Crippen LogP contribution >= 0.6 is 11.8 Å². The second-order valence-electron chi connectivity index (χ2n) is 5.51. The van der Waals surface area contributed by atoms with Gasteiger partial charge in [-0.15, -0.1) is 0 Å². The molecular weight excluding hydrogens is 258 g/mol. The number of anilines is 1. The van der Waals surface area contributed by atoms with Gasteiger partial charge in [0.15, 0.2) is 0 Å². The van der Waals surface area contributed by atoms with Crippen molar-refractivity contribution in [3.63, 3.8) is 0 Å². The molecule has 0 aliphatic rings. The minimum Gasteiger partial charge on any atom is -0.384 e. The van der Waals surface area contributed by atoms with Crippen molar-refractivity contribution < 1.29 is 4.79 Å². The third kappa shape index (κ3) is 4.74. The van der Waals surface area contributed by atoms with Crippen molar-refractivity contribution in [1.29, 1.82) is 0 Å². The summed E-state index contributed by atoms with van der Waals surface area (Å²) in [5, 5.41) is 2.94. The molecule has 4 nitrogen and oxygen atoms in total.